The lowest BCUT2D eigenvalue weighted by Gasteiger charge is -2.22. The number of carbonyl (C=O) groups excluding carboxylic acids is 1. The fraction of sp³-hybridized carbons (Fsp3) is 0.500. The van der Waals surface area contributed by atoms with E-state index in [0.717, 1.165) is 37.2 Å². The summed E-state index contributed by atoms with van der Waals surface area (Å²) in [6.07, 6.45) is 2.01. The monoisotopic (exact) mass is 284 g/mol. The molecule has 0 saturated carbocycles. The standard InChI is InChI=1S/C14H20N2O2.ClH/c1-10-5-6-12(13(8-10)18-2)16-14(17)11-4-3-7-15-9-11;/h5-6,8,11,15H,3-4,7,9H2,1-2H3,(H,16,17);1H. The highest BCUT2D eigenvalue weighted by Gasteiger charge is 2.21. The molecular formula is C14H21ClN2O2. The van der Waals surface area contributed by atoms with Crippen LogP contribution in [-0.4, -0.2) is 26.1 Å². The van der Waals surface area contributed by atoms with Crippen LogP contribution < -0.4 is 15.4 Å². The fourth-order valence-corrected chi connectivity index (χ4v) is 2.21. The van der Waals surface area contributed by atoms with Gasteiger partial charge < -0.3 is 15.4 Å². The first-order valence-corrected chi connectivity index (χ1v) is 6.37. The van der Waals surface area contributed by atoms with Crippen molar-refractivity contribution in [2.75, 3.05) is 25.5 Å². The molecule has 1 amide bonds. The van der Waals surface area contributed by atoms with E-state index in [-0.39, 0.29) is 24.2 Å². The SMILES string of the molecule is COc1cc(C)ccc1NC(=O)C1CCCNC1.Cl. The van der Waals surface area contributed by atoms with E-state index < -0.39 is 0 Å². The van der Waals surface area contributed by atoms with Crippen molar-refractivity contribution in [3.05, 3.63) is 23.8 Å². The molecule has 5 heteroatoms. The number of hydrogen-bond donors (Lipinski definition) is 2. The molecule has 1 heterocycles. The zero-order chi connectivity index (χ0) is 13.0. The Bertz CT molecular complexity index is 431. The molecule has 0 bridgehead atoms. The molecule has 1 aromatic rings. The number of halogens is 1. The largest absolute Gasteiger partial charge is 0.495 e. The molecule has 106 valence electrons. The molecule has 1 unspecified atom stereocenters. The van der Waals surface area contributed by atoms with E-state index in [0.29, 0.717) is 5.75 Å². The molecular weight excluding hydrogens is 264 g/mol. The highest BCUT2D eigenvalue weighted by Crippen LogP contribution is 2.26. The number of ether oxygens (including phenoxy) is 1. The van der Waals surface area contributed by atoms with Gasteiger partial charge in [-0.05, 0) is 44.0 Å². The smallest absolute Gasteiger partial charge is 0.228 e. The molecule has 1 fully saturated rings. The molecule has 1 aliphatic heterocycles. The summed E-state index contributed by atoms with van der Waals surface area (Å²) >= 11 is 0. The Balaban J connectivity index is 0.00000180. The summed E-state index contributed by atoms with van der Waals surface area (Å²) in [7, 11) is 1.62. The zero-order valence-corrected chi connectivity index (χ0v) is 12.2. The summed E-state index contributed by atoms with van der Waals surface area (Å²) in [5, 5.41) is 6.20. The van der Waals surface area contributed by atoms with Gasteiger partial charge in [-0.2, -0.15) is 0 Å². The average molecular weight is 285 g/mol. The van der Waals surface area contributed by atoms with Crippen molar-refractivity contribution in [2.45, 2.75) is 19.8 Å². The van der Waals surface area contributed by atoms with Crippen LogP contribution in [0.25, 0.3) is 0 Å². The summed E-state index contributed by atoms with van der Waals surface area (Å²) in [6.45, 7) is 3.77. The van der Waals surface area contributed by atoms with E-state index in [9.17, 15) is 4.79 Å². The van der Waals surface area contributed by atoms with E-state index in [2.05, 4.69) is 10.6 Å². The van der Waals surface area contributed by atoms with Crippen LogP contribution >= 0.6 is 12.4 Å². The van der Waals surface area contributed by atoms with Gasteiger partial charge in [-0.1, -0.05) is 6.07 Å². The molecule has 0 aliphatic carbocycles. The maximum Gasteiger partial charge on any atom is 0.228 e. The Hall–Kier alpha value is -1.26. The highest BCUT2D eigenvalue weighted by atomic mass is 35.5. The average Bonchev–Trinajstić information content (AvgIpc) is 2.41. The van der Waals surface area contributed by atoms with E-state index in [4.69, 9.17) is 4.74 Å². The Morgan fingerprint density at radius 2 is 2.26 bits per heavy atom. The number of hydrogen-bond acceptors (Lipinski definition) is 3. The van der Waals surface area contributed by atoms with Crippen molar-refractivity contribution in [3.8, 4) is 5.75 Å². The van der Waals surface area contributed by atoms with Crippen LogP contribution in [0.2, 0.25) is 0 Å². The van der Waals surface area contributed by atoms with Crippen LogP contribution in [0, 0.1) is 12.8 Å². The summed E-state index contributed by atoms with van der Waals surface area (Å²) in [6, 6.07) is 5.79. The van der Waals surface area contributed by atoms with Gasteiger partial charge in [0.2, 0.25) is 5.91 Å². The van der Waals surface area contributed by atoms with Gasteiger partial charge in [-0.15, -0.1) is 12.4 Å². The normalized spacial score (nSPS) is 18.3. The number of benzene rings is 1. The summed E-state index contributed by atoms with van der Waals surface area (Å²) in [4.78, 5) is 12.1. The fourth-order valence-electron chi connectivity index (χ4n) is 2.21. The van der Waals surface area contributed by atoms with Gasteiger partial charge in [0.15, 0.2) is 0 Å². The minimum atomic E-state index is 0. The predicted octanol–water partition coefficient (Wildman–Crippen LogP) is 2.36. The van der Waals surface area contributed by atoms with Crippen molar-refractivity contribution in [3.63, 3.8) is 0 Å². The lowest BCUT2D eigenvalue weighted by atomic mass is 9.98. The second kappa shape index (κ2) is 7.36. The summed E-state index contributed by atoms with van der Waals surface area (Å²) in [5.41, 5.74) is 1.86. The Morgan fingerprint density at radius 3 is 2.89 bits per heavy atom. The maximum atomic E-state index is 12.1. The van der Waals surface area contributed by atoms with Crippen LogP contribution in [0.1, 0.15) is 18.4 Å². The van der Waals surface area contributed by atoms with E-state index in [1.54, 1.807) is 7.11 Å². The molecule has 1 aliphatic rings. The number of methoxy groups -OCH3 is 1. The third-order valence-corrected chi connectivity index (χ3v) is 3.28. The number of amides is 1. The first kappa shape index (κ1) is 15.8. The second-order valence-corrected chi connectivity index (χ2v) is 4.74. The van der Waals surface area contributed by atoms with Crippen LogP contribution in [-0.2, 0) is 4.79 Å². The third-order valence-electron chi connectivity index (χ3n) is 3.28. The number of aryl methyl sites for hydroxylation is 1. The zero-order valence-electron chi connectivity index (χ0n) is 11.4. The Kier molecular flexibility index (Phi) is 6.12. The quantitative estimate of drug-likeness (QED) is 0.896. The van der Waals surface area contributed by atoms with Crippen LogP contribution in [0.15, 0.2) is 18.2 Å². The summed E-state index contributed by atoms with van der Waals surface area (Å²) < 4.78 is 5.28. The van der Waals surface area contributed by atoms with Gasteiger partial charge in [0, 0.05) is 6.54 Å². The minimum Gasteiger partial charge on any atom is -0.495 e. The molecule has 1 atom stereocenters. The van der Waals surface area contributed by atoms with Crippen molar-refractivity contribution in [1.29, 1.82) is 0 Å². The Labute approximate surface area is 120 Å². The molecule has 0 spiro atoms. The number of rotatable bonds is 3. The number of nitrogens with one attached hydrogen (secondary N) is 2. The molecule has 2 rings (SSSR count). The van der Waals surface area contributed by atoms with Crippen molar-refractivity contribution >= 4 is 24.0 Å². The van der Waals surface area contributed by atoms with Gasteiger partial charge in [-0.25, -0.2) is 0 Å². The molecule has 0 aromatic heterocycles. The van der Waals surface area contributed by atoms with Gasteiger partial charge in [0.25, 0.3) is 0 Å². The molecule has 2 N–H and O–H groups in total. The minimum absolute atomic E-state index is 0. The Morgan fingerprint density at radius 1 is 1.47 bits per heavy atom. The first-order valence-electron chi connectivity index (χ1n) is 6.37. The number of anilines is 1. The van der Waals surface area contributed by atoms with E-state index in [1.165, 1.54) is 0 Å². The number of piperidine rings is 1. The lowest BCUT2D eigenvalue weighted by molar-refractivity contribution is -0.120. The summed E-state index contributed by atoms with van der Waals surface area (Å²) in [5.74, 6) is 0.848. The van der Waals surface area contributed by atoms with Crippen molar-refractivity contribution < 1.29 is 9.53 Å². The molecule has 4 nitrogen and oxygen atoms in total. The van der Waals surface area contributed by atoms with E-state index >= 15 is 0 Å². The van der Waals surface area contributed by atoms with Crippen LogP contribution in [0.3, 0.4) is 0 Å². The van der Waals surface area contributed by atoms with E-state index in [1.807, 2.05) is 25.1 Å². The predicted molar refractivity (Wildman–Crippen MR) is 79.2 cm³/mol. The molecule has 1 aromatic carbocycles. The number of carbonyl (C=O) groups is 1. The third kappa shape index (κ3) is 4.11. The maximum absolute atomic E-state index is 12.1. The molecule has 1 saturated heterocycles. The van der Waals surface area contributed by atoms with Gasteiger partial charge in [-0.3, -0.25) is 4.79 Å². The topological polar surface area (TPSA) is 50.4 Å². The van der Waals surface area contributed by atoms with Gasteiger partial charge in [0.05, 0.1) is 18.7 Å². The van der Waals surface area contributed by atoms with Gasteiger partial charge in [0.1, 0.15) is 5.75 Å². The highest BCUT2D eigenvalue weighted by molar-refractivity contribution is 5.94. The molecule has 19 heavy (non-hydrogen) atoms. The lowest BCUT2D eigenvalue weighted by Crippen LogP contribution is -2.37. The second-order valence-electron chi connectivity index (χ2n) is 4.74. The molecule has 0 radical (unpaired) electrons. The first-order chi connectivity index (χ1) is 8.70. The van der Waals surface area contributed by atoms with Gasteiger partial charge >= 0.3 is 0 Å². The van der Waals surface area contributed by atoms with Crippen molar-refractivity contribution in [1.82, 2.24) is 5.32 Å². The van der Waals surface area contributed by atoms with Crippen LogP contribution in [0.4, 0.5) is 5.69 Å². The van der Waals surface area contributed by atoms with Crippen LogP contribution in [0.5, 0.6) is 5.75 Å². The van der Waals surface area contributed by atoms with Crippen molar-refractivity contribution in [2.24, 2.45) is 5.92 Å².